The lowest BCUT2D eigenvalue weighted by Gasteiger charge is -2.14. The number of nitrogens with zero attached hydrogens (tertiary/aromatic N) is 1. The number of aliphatic hydroxyl groups excluding tert-OH is 1. The molecule has 1 aromatic carbocycles. The van der Waals surface area contributed by atoms with Crippen molar-refractivity contribution in [2.75, 3.05) is 26.2 Å². The number of nitrogens with one attached hydrogen (secondary N) is 3. The van der Waals surface area contributed by atoms with Gasteiger partial charge in [0, 0.05) is 25.2 Å². The van der Waals surface area contributed by atoms with Gasteiger partial charge in [-0.15, -0.1) is 24.0 Å². The highest BCUT2D eigenvalue weighted by atomic mass is 127. The lowest BCUT2D eigenvalue weighted by Crippen LogP contribution is -2.39. The number of amides is 1. The second kappa shape index (κ2) is 14.6. The van der Waals surface area contributed by atoms with Crippen LogP contribution in [-0.4, -0.2) is 49.8 Å². The van der Waals surface area contributed by atoms with Crippen molar-refractivity contribution in [2.24, 2.45) is 4.99 Å². The lowest BCUT2D eigenvalue weighted by molar-refractivity contribution is -0.0498. The van der Waals surface area contributed by atoms with Crippen LogP contribution in [0.1, 0.15) is 41.1 Å². The van der Waals surface area contributed by atoms with Gasteiger partial charge in [-0.3, -0.25) is 9.79 Å². The summed E-state index contributed by atoms with van der Waals surface area (Å²) in [7, 11) is 0. The molecule has 0 bridgehead atoms. The highest BCUT2D eigenvalue weighted by Gasteiger charge is 2.12. The minimum atomic E-state index is -2.89. The second-order valence-corrected chi connectivity index (χ2v) is 6.65. The quantitative estimate of drug-likeness (QED) is 0.144. The summed E-state index contributed by atoms with van der Waals surface area (Å²) in [6.07, 6.45) is 1.24. The highest BCUT2D eigenvalue weighted by molar-refractivity contribution is 14.0. The summed E-state index contributed by atoms with van der Waals surface area (Å²) < 4.78 is 33.8. The number of alkyl halides is 2. The van der Waals surface area contributed by atoms with E-state index in [1.54, 1.807) is 13.0 Å². The second-order valence-electron chi connectivity index (χ2n) is 6.65. The van der Waals surface area contributed by atoms with Crippen molar-refractivity contribution in [3.63, 3.8) is 0 Å². The maximum atomic E-state index is 12.2. The zero-order valence-electron chi connectivity index (χ0n) is 17.9. The molecule has 1 atom stereocenters. The topological polar surface area (TPSA) is 108 Å². The van der Waals surface area contributed by atoms with E-state index in [9.17, 15) is 18.7 Å². The van der Waals surface area contributed by atoms with Crippen molar-refractivity contribution >= 4 is 35.8 Å². The number of ether oxygens (including phenoxy) is 1. The van der Waals surface area contributed by atoms with E-state index in [1.807, 2.05) is 6.92 Å². The predicted molar refractivity (Wildman–Crippen MR) is 128 cm³/mol. The van der Waals surface area contributed by atoms with Crippen LogP contribution < -0.4 is 20.7 Å². The van der Waals surface area contributed by atoms with Crippen LogP contribution in [0.2, 0.25) is 0 Å². The number of carbonyl (C=O) groups is 1. The summed E-state index contributed by atoms with van der Waals surface area (Å²) in [4.78, 5) is 16.3. The first-order valence-corrected chi connectivity index (χ1v) is 9.98. The number of aliphatic hydroxyl groups is 1. The Morgan fingerprint density at radius 1 is 1.16 bits per heavy atom. The van der Waals surface area contributed by atoms with Crippen LogP contribution in [0.5, 0.6) is 5.75 Å². The predicted octanol–water partition coefficient (Wildman–Crippen LogP) is 3.22. The maximum Gasteiger partial charge on any atom is 0.387 e. The molecular weight excluding hydrogens is 537 g/mol. The van der Waals surface area contributed by atoms with Crippen molar-refractivity contribution in [1.29, 1.82) is 0 Å². The van der Waals surface area contributed by atoms with Gasteiger partial charge in [0.05, 0.1) is 18.9 Å². The molecule has 1 aromatic heterocycles. The first-order valence-electron chi connectivity index (χ1n) is 9.98. The molecule has 0 saturated carbocycles. The summed E-state index contributed by atoms with van der Waals surface area (Å²) in [5, 5.41) is 19.3. The SMILES string of the molecule is CCNC(=NCC(O)c1ccc(OC(F)F)cc1)NCCCNC(=O)c1occc1C.I. The van der Waals surface area contributed by atoms with Gasteiger partial charge >= 0.3 is 6.61 Å². The van der Waals surface area contributed by atoms with E-state index >= 15 is 0 Å². The van der Waals surface area contributed by atoms with Gasteiger partial charge in [-0.05, 0) is 44.0 Å². The van der Waals surface area contributed by atoms with Crippen LogP contribution in [0, 0.1) is 6.92 Å². The fourth-order valence-electron chi connectivity index (χ4n) is 2.68. The Morgan fingerprint density at radius 2 is 1.84 bits per heavy atom. The monoisotopic (exact) mass is 566 g/mol. The molecule has 178 valence electrons. The van der Waals surface area contributed by atoms with Crippen LogP contribution >= 0.6 is 24.0 Å². The van der Waals surface area contributed by atoms with Gasteiger partial charge in [0.1, 0.15) is 5.75 Å². The number of carbonyl (C=O) groups excluding carboxylic acids is 1. The molecule has 1 heterocycles. The third kappa shape index (κ3) is 9.39. The van der Waals surface area contributed by atoms with Crippen molar-refractivity contribution in [2.45, 2.75) is 33.0 Å². The van der Waals surface area contributed by atoms with Gasteiger partial charge in [-0.25, -0.2) is 0 Å². The Balaban J connectivity index is 0.00000512. The summed E-state index contributed by atoms with van der Waals surface area (Å²) in [6.45, 7) is 2.56. The molecule has 2 aromatic rings. The molecule has 0 aliphatic heterocycles. The molecule has 0 radical (unpaired) electrons. The Hall–Kier alpha value is -2.41. The standard InChI is InChI=1S/C21H28F2N4O4.HI/c1-3-24-21(26-11-4-10-25-19(29)18-14(2)9-12-30-18)27-13-17(28)15-5-7-16(8-6-15)31-20(22)23;/h5-9,12,17,20,28H,3-4,10-11,13H2,1-2H3,(H,25,29)(H2,24,26,27);1H. The largest absolute Gasteiger partial charge is 0.459 e. The third-order valence-electron chi connectivity index (χ3n) is 4.26. The Labute approximate surface area is 202 Å². The van der Waals surface area contributed by atoms with Crippen molar-refractivity contribution in [1.82, 2.24) is 16.0 Å². The van der Waals surface area contributed by atoms with Crippen LogP contribution in [0.4, 0.5) is 8.78 Å². The molecule has 2 rings (SSSR count). The van der Waals surface area contributed by atoms with Crippen LogP contribution in [0.3, 0.4) is 0 Å². The molecular formula is C21H29F2IN4O4. The number of hydrogen-bond donors (Lipinski definition) is 4. The van der Waals surface area contributed by atoms with E-state index in [2.05, 4.69) is 25.7 Å². The molecule has 0 saturated heterocycles. The van der Waals surface area contributed by atoms with Gasteiger partial charge in [0.15, 0.2) is 11.7 Å². The van der Waals surface area contributed by atoms with Gasteiger partial charge < -0.3 is 30.2 Å². The van der Waals surface area contributed by atoms with Crippen LogP contribution in [0.15, 0.2) is 46.0 Å². The first kappa shape index (κ1) is 27.6. The summed E-state index contributed by atoms with van der Waals surface area (Å²) >= 11 is 0. The Bertz CT molecular complexity index is 847. The van der Waals surface area contributed by atoms with Gasteiger partial charge in [0.2, 0.25) is 0 Å². The molecule has 8 nitrogen and oxygen atoms in total. The molecule has 0 fully saturated rings. The third-order valence-corrected chi connectivity index (χ3v) is 4.26. The van der Waals surface area contributed by atoms with Crippen molar-refractivity contribution < 1.29 is 27.8 Å². The number of hydrogen-bond acceptors (Lipinski definition) is 5. The van der Waals surface area contributed by atoms with Gasteiger partial charge in [-0.1, -0.05) is 12.1 Å². The number of aryl methyl sites for hydroxylation is 1. The summed E-state index contributed by atoms with van der Waals surface area (Å²) in [6, 6.07) is 7.51. The number of halogens is 3. The molecule has 1 unspecified atom stereocenters. The van der Waals surface area contributed by atoms with E-state index in [0.717, 1.165) is 5.56 Å². The molecule has 11 heteroatoms. The van der Waals surface area contributed by atoms with Crippen molar-refractivity contribution in [3.8, 4) is 5.75 Å². The average Bonchev–Trinajstić information content (AvgIpc) is 3.17. The Kier molecular flexibility index (Phi) is 12.6. The first-order chi connectivity index (χ1) is 14.9. The minimum Gasteiger partial charge on any atom is -0.459 e. The smallest absolute Gasteiger partial charge is 0.387 e. The average molecular weight is 566 g/mol. The summed E-state index contributed by atoms with van der Waals surface area (Å²) in [5.41, 5.74) is 1.32. The highest BCUT2D eigenvalue weighted by Crippen LogP contribution is 2.19. The maximum absolute atomic E-state index is 12.2. The zero-order chi connectivity index (χ0) is 22.6. The van der Waals surface area contributed by atoms with Gasteiger partial charge in [0.25, 0.3) is 5.91 Å². The van der Waals surface area contributed by atoms with Crippen LogP contribution in [-0.2, 0) is 0 Å². The lowest BCUT2D eigenvalue weighted by atomic mass is 10.1. The molecule has 0 aliphatic carbocycles. The molecule has 1 amide bonds. The molecule has 32 heavy (non-hydrogen) atoms. The van der Waals surface area contributed by atoms with E-state index in [-0.39, 0.29) is 42.2 Å². The molecule has 0 spiro atoms. The number of guanidine groups is 1. The van der Waals surface area contributed by atoms with Crippen molar-refractivity contribution in [3.05, 3.63) is 53.5 Å². The number of aliphatic imine (C=N–C) groups is 1. The van der Waals surface area contributed by atoms with E-state index in [4.69, 9.17) is 4.42 Å². The minimum absolute atomic E-state index is 0. The zero-order valence-corrected chi connectivity index (χ0v) is 20.3. The summed E-state index contributed by atoms with van der Waals surface area (Å²) in [5.74, 6) is 0.605. The number of furan rings is 1. The van der Waals surface area contributed by atoms with E-state index in [1.165, 1.54) is 30.5 Å². The molecule has 4 N–H and O–H groups in total. The van der Waals surface area contributed by atoms with Gasteiger partial charge in [-0.2, -0.15) is 8.78 Å². The van der Waals surface area contributed by atoms with E-state index < -0.39 is 12.7 Å². The molecule has 0 aliphatic rings. The Morgan fingerprint density at radius 3 is 2.44 bits per heavy atom. The van der Waals surface area contributed by atoms with Crippen LogP contribution in [0.25, 0.3) is 0 Å². The fraction of sp³-hybridized carbons (Fsp3) is 0.429. The number of rotatable bonds is 11. The fourth-order valence-corrected chi connectivity index (χ4v) is 2.68. The number of benzene rings is 1. The normalized spacial score (nSPS) is 12.1. The van der Waals surface area contributed by atoms with E-state index in [0.29, 0.717) is 43.3 Å².